The fourth-order valence-corrected chi connectivity index (χ4v) is 3.25. The van der Waals surface area contributed by atoms with E-state index >= 15 is 0 Å². The van der Waals surface area contributed by atoms with Crippen LogP contribution in [0.5, 0.6) is 0 Å². The number of rotatable bonds is 4. The molecule has 0 saturated heterocycles. The summed E-state index contributed by atoms with van der Waals surface area (Å²) in [7, 11) is 0. The Balaban J connectivity index is 1.57. The van der Waals surface area contributed by atoms with Gasteiger partial charge in [-0.25, -0.2) is 13.5 Å². The number of carbonyl (C=O) groups excluding carboxylic acids is 1. The lowest BCUT2D eigenvalue weighted by atomic mass is 9.97. The first-order valence-corrected chi connectivity index (χ1v) is 8.25. The number of benzene rings is 1. The molecular weight excluding hydrogens is 338 g/mol. The molecule has 0 aliphatic heterocycles. The fraction of sp³-hybridized carbons (Fsp3) is 0.211. The predicted molar refractivity (Wildman–Crippen MR) is 91.8 cm³/mol. The first-order chi connectivity index (χ1) is 12.5. The second kappa shape index (κ2) is 6.01. The molecule has 1 aliphatic carbocycles. The van der Waals surface area contributed by atoms with E-state index in [1.54, 1.807) is 24.4 Å². The predicted octanol–water partition coefficient (Wildman–Crippen LogP) is 3.46. The molecule has 1 fully saturated rings. The van der Waals surface area contributed by atoms with Gasteiger partial charge in [-0.2, -0.15) is 5.10 Å². The van der Waals surface area contributed by atoms with Gasteiger partial charge in [0.15, 0.2) is 5.82 Å². The molecule has 4 rings (SSSR count). The number of aromatic nitrogens is 3. The van der Waals surface area contributed by atoms with Crippen molar-refractivity contribution in [2.24, 2.45) is 5.92 Å². The van der Waals surface area contributed by atoms with Gasteiger partial charge in [-0.3, -0.25) is 9.78 Å². The molecule has 132 valence electrons. The van der Waals surface area contributed by atoms with E-state index in [1.165, 1.54) is 35.1 Å². The largest absolute Gasteiger partial charge is 0.308 e. The average Bonchev–Trinajstić information content (AvgIpc) is 3.09. The first kappa shape index (κ1) is 16.4. The molecule has 0 bridgehead atoms. The molecule has 7 heteroatoms. The second-order valence-electron chi connectivity index (χ2n) is 6.49. The van der Waals surface area contributed by atoms with Gasteiger partial charge in [0.25, 0.3) is 0 Å². The molecule has 1 aliphatic rings. The highest BCUT2D eigenvalue weighted by atomic mass is 19.1. The van der Waals surface area contributed by atoms with E-state index in [9.17, 15) is 13.6 Å². The Morgan fingerprint density at radius 2 is 1.96 bits per heavy atom. The first-order valence-electron chi connectivity index (χ1n) is 8.25. The average molecular weight is 354 g/mol. The molecule has 5 nitrogen and oxygen atoms in total. The number of anilines is 1. The third kappa shape index (κ3) is 2.65. The molecule has 1 saturated carbocycles. The standard InChI is InChI=1S/C19H16F2N4O/c1-12-11-19(12,17-15(21)3-2-9-22-17)18(26)23-16-8-10-25(24-16)14-6-4-13(20)5-7-14/h2-10,12H,11H2,1H3,(H,23,24,26). The lowest BCUT2D eigenvalue weighted by Crippen LogP contribution is -2.31. The summed E-state index contributed by atoms with van der Waals surface area (Å²) in [5, 5.41) is 7.03. The molecule has 1 amide bonds. The highest BCUT2D eigenvalue weighted by molar-refractivity contribution is 6.01. The normalized spacial score (nSPS) is 21.4. The zero-order valence-electron chi connectivity index (χ0n) is 14.0. The molecule has 2 aromatic heterocycles. The van der Waals surface area contributed by atoms with Crippen molar-refractivity contribution in [3.8, 4) is 5.69 Å². The Hall–Kier alpha value is -3.09. The van der Waals surface area contributed by atoms with E-state index in [2.05, 4.69) is 15.4 Å². The topological polar surface area (TPSA) is 59.8 Å². The second-order valence-corrected chi connectivity index (χ2v) is 6.49. The SMILES string of the molecule is CC1CC1(C(=O)Nc1ccn(-c2ccc(F)cc2)n1)c1ncccc1F. The van der Waals surface area contributed by atoms with Crippen molar-refractivity contribution >= 4 is 11.7 Å². The Morgan fingerprint density at radius 1 is 1.23 bits per heavy atom. The number of nitrogens with zero attached hydrogens (tertiary/aromatic N) is 3. The van der Waals surface area contributed by atoms with E-state index in [1.807, 2.05) is 6.92 Å². The summed E-state index contributed by atoms with van der Waals surface area (Å²) in [6.45, 7) is 1.89. The van der Waals surface area contributed by atoms with E-state index in [-0.39, 0.29) is 23.3 Å². The summed E-state index contributed by atoms with van der Waals surface area (Å²) >= 11 is 0. The maximum Gasteiger partial charge on any atom is 0.238 e. The van der Waals surface area contributed by atoms with E-state index in [0.29, 0.717) is 17.9 Å². The van der Waals surface area contributed by atoms with Crippen LogP contribution in [0, 0.1) is 17.6 Å². The van der Waals surface area contributed by atoms with Crippen LogP contribution in [0.1, 0.15) is 19.0 Å². The van der Waals surface area contributed by atoms with Crippen LogP contribution < -0.4 is 5.32 Å². The Morgan fingerprint density at radius 3 is 2.62 bits per heavy atom. The van der Waals surface area contributed by atoms with Crippen molar-refractivity contribution in [3.63, 3.8) is 0 Å². The van der Waals surface area contributed by atoms with Crippen LogP contribution in [-0.2, 0) is 10.2 Å². The van der Waals surface area contributed by atoms with Crippen molar-refractivity contribution in [2.75, 3.05) is 5.32 Å². The van der Waals surface area contributed by atoms with Gasteiger partial charge in [-0.1, -0.05) is 6.92 Å². The highest BCUT2D eigenvalue weighted by Gasteiger charge is 2.61. The quantitative estimate of drug-likeness (QED) is 0.781. The highest BCUT2D eigenvalue weighted by Crippen LogP contribution is 2.54. The van der Waals surface area contributed by atoms with Crippen LogP contribution >= 0.6 is 0 Å². The van der Waals surface area contributed by atoms with Crippen LogP contribution in [0.3, 0.4) is 0 Å². The summed E-state index contributed by atoms with van der Waals surface area (Å²) in [5.41, 5.74) is -0.134. The Kier molecular flexibility index (Phi) is 3.79. The minimum Gasteiger partial charge on any atom is -0.308 e. The summed E-state index contributed by atoms with van der Waals surface area (Å²) < 4.78 is 28.7. The van der Waals surface area contributed by atoms with Gasteiger partial charge < -0.3 is 5.32 Å². The van der Waals surface area contributed by atoms with Crippen LogP contribution in [0.15, 0.2) is 54.9 Å². The summed E-state index contributed by atoms with van der Waals surface area (Å²) in [5.74, 6) is -0.812. The molecule has 0 radical (unpaired) electrons. The van der Waals surface area contributed by atoms with E-state index in [0.717, 1.165) is 0 Å². The van der Waals surface area contributed by atoms with Crippen molar-refractivity contribution < 1.29 is 13.6 Å². The molecule has 1 N–H and O–H groups in total. The fourth-order valence-electron chi connectivity index (χ4n) is 3.25. The Bertz CT molecular complexity index is 970. The van der Waals surface area contributed by atoms with Gasteiger partial charge in [-0.15, -0.1) is 0 Å². The minimum absolute atomic E-state index is 0.00826. The molecule has 3 aromatic rings. The van der Waals surface area contributed by atoms with E-state index in [4.69, 9.17) is 0 Å². The molecule has 2 unspecified atom stereocenters. The zero-order valence-corrected chi connectivity index (χ0v) is 14.0. The maximum atomic E-state index is 14.2. The number of hydrogen-bond acceptors (Lipinski definition) is 3. The molecule has 0 spiro atoms. The Labute approximate surface area is 148 Å². The van der Waals surface area contributed by atoms with Gasteiger partial charge in [0, 0.05) is 18.5 Å². The van der Waals surface area contributed by atoms with Crippen LogP contribution in [0.4, 0.5) is 14.6 Å². The van der Waals surface area contributed by atoms with Gasteiger partial charge in [-0.05, 0) is 48.7 Å². The number of carbonyl (C=O) groups is 1. The van der Waals surface area contributed by atoms with Crippen molar-refractivity contribution in [3.05, 3.63) is 72.2 Å². The van der Waals surface area contributed by atoms with Gasteiger partial charge >= 0.3 is 0 Å². The van der Waals surface area contributed by atoms with Gasteiger partial charge in [0.2, 0.25) is 5.91 Å². The van der Waals surface area contributed by atoms with E-state index < -0.39 is 11.2 Å². The maximum absolute atomic E-state index is 14.2. The molecule has 1 aromatic carbocycles. The molecule has 26 heavy (non-hydrogen) atoms. The smallest absolute Gasteiger partial charge is 0.238 e. The monoisotopic (exact) mass is 354 g/mol. The number of pyridine rings is 1. The van der Waals surface area contributed by atoms with Crippen LogP contribution in [-0.4, -0.2) is 20.7 Å². The number of nitrogens with one attached hydrogen (secondary N) is 1. The van der Waals surface area contributed by atoms with Gasteiger partial charge in [0.05, 0.1) is 16.8 Å². The van der Waals surface area contributed by atoms with Crippen molar-refractivity contribution in [2.45, 2.75) is 18.8 Å². The van der Waals surface area contributed by atoms with Crippen LogP contribution in [0.25, 0.3) is 5.69 Å². The minimum atomic E-state index is -0.967. The lowest BCUT2D eigenvalue weighted by Gasteiger charge is -2.15. The summed E-state index contributed by atoms with van der Waals surface area (Å²) in [6.07, 6.45) is 3.68. The molecular formula is C19H16F2N4O. The van der Waals surface area contributed by atoms with Crippen LogP contribution in [0.2, 0.25) is 0 Å². The number of halogens is 2. The third-order valence-electron chi connectivity index (χ3n) is 4.82. The zero-order chi connectivity index (χ0) is 18.3. The van der Waals surface area contributed by atoms with Crippen molar-refractivity contribution in [1.29, 1.82) is 0 Å². The third-order valence-corrected chi connectivity index (χ3v) is 4.82. The lowest BCUT2D eigenvalue weighted by molar-refractivity contribution is -0.119. The number of hydrogen-bond donors (Lipinski definition) is 1. The van der Waals surface area contributed by atoms with Gasteiger partial charge in [0.1, 0.15) is 11.6 Å². The summed E-state index contributed by atoms with van der Waals surface area (Å²) in [4.78, 5) is 16.9. The molecule has 2 heterocycles. The molecule has 2 atom stereocenters. The summed E-state index contributed by atoms with van der Waals surface area (Å²) in [6, 6.07) is 10.3. The number of amides is 1. The van der Waals surface area contributed by atoms with Crippen molar-refractivity contribution in [1.82, 2.24) is 14.8 Å².